The standard InChI is InChI=1S/C50H30N2O2/c1-2-13-32(14-3-1)44-30-45(34-25-24-31-12-4-5-15-33(31)26-34)52-50(51-44)37-28-35(38-18-10-20-42-40-16-6-8-22-46(40)53-48(38)42)27-36(29-37)39-19-11-21-43-41-17-7-9-23-47(41)54-49(39)43/h1-30H. The number of para-hydroxylation sites is 4. The quantitative estimate of drug-likeness (QED) is 0.180. The average molecular weight is 691 g/mol. The maximum absolute atomic E-state index is 6.58. The van der Waals surface area contributed by atoms with Crippen molar-refractivity contribution in [2.75, 3.05) is 0 Å². The molecule has 11 aromatic rings. The lowest BCUT2D eigenvalue weighted by Gasteiger charge is -2.13. The van der Waals surface area contributed by atoms with Crippen LogP contribution in [0.4, 0.5) is 0 Å². The Bertz CT molecular complexity index is 3100. The van der Waals surface area contributed by atoms with Gasteiger partial charge in [0.25, 0.3) is 0 Å². The second-order valence-corrected chi connectivity index (χ2v) is 13.7. The molecule has 4 nitrogen and oxygen atoms in total. The number of aromatic nitrogens is 2. The van der Waals surface area contributed by atoms with E-state index in [0.29, 0.717) is 5.82 Å². The van der Waals surface area contributed by atoms with Gasteiger partial charge in [0.05, 0.1) is 11.4 Å². The van der Waals surface area contributed by atoms with Crippen molar-refractivity contribution in [2.45, 2.75) is 0 Å². The van der Waals surface area contributed by atoms with Crippen molar-refractivity contribution in [1.82, 2.24) is 9.97 Å². The van der Waals surface area contributed by atoms with Crippen molar-refractivity contribution in [3.8, 4) is 56.2 Å². The number of fused-ring (bicyclic) bond motifs is 7. The lowest BCUT2D eigenvalue weighted by molar-refractivity contribution is 0.670. The zero-order chi connectivity index (χ0) is 35.6. The molecule has 0 radical (unpaired) electrons. The van der Waals surface area contributed by atoms with E-state index in [1.54, 1.807) is 0 Å². The van der Waals surface area contributed by atoms with Crippen molar-refractivity contribution < 1.29 is 8.83 Å². The highest BCUT2D eigenvalue weighted by atomic mass is 16.3. The second-order valence-electron chi connectivity index (χ2n) is 13.7. The third-order valence-corrected chi connectivity index (χ3v) is 10.5. The molecular formula is C50H30N2O2. The normalized spacial score (nSPS) is 11.7. The average Bonchev–Trinajstić information content (AvgIpc) is 3.82. The first kappa shape index (κ1) is 30.3. The third-order valence-electron chi connectivity index (χ3n) is 10.5. The molecule has 3 aromatic heterocycles. The summed E-state index contributed by atoms with van der Waals surface area (Å²) in [4.78, 5) is 10.6. The van der Waals surface area contributed by atoms with E-state index in [1.165, 1.54) is 10.8 Å². The molecule has 11 rings (SSSR count). The smallest absolute Gasteiger partial charge is 0.160 e. The van der Waals surface area contributed by atoms with E-state index in [-0.39, 0.29) is 0 Å². The molecule has 0 bridgehead atoms. The Balaban J connectivity index is 1.19. The van der Waals surface area contributed by atoms with E-state index in [9.17, 15) is 0 Å². The van der Waals surface area contributed by atoms with Crippen LogP contribution in [-0.2, 0) is 0 Å². The number of rotatable bonds is 5. The summed E-state index contributed by atoms with van der Waals surface area (Å²) in [6, 6.07) is 63.2. The summed E-state index contributed by atoms with van der Waals surface area (Å²) in [5, 5.41) is 6.70. The largest absolute Gasteiger partial charge is 0.455 e. The lowest BCUT2D eigenvalue weighted by Crippen LogP contribution is -1.97. The topological polar surface area (TPSA) is 52.1 Å². The molecule has 0 amide bonds. The maximum atomic E-state index is 6.58. The van der Waals surface area contributed by atoms with Crippen molar-refractivity contribution in [1.29, 1.82) is 0 Å². The Morgan fingerprint density at radius 3 is 1.48 bits per heavy atom. The summed E-state index contributed by atoms with van der Waals surface area (Å²) in [5.74, 6) is 0.635. The van der Waals surface area contributed by atoms with Gasteiger partial charge in [0.1, 0.15) is 22.3 Å². The van der Waals surface area contributed by atoms with E-state index in [0.717, 1.165) is 94.2 Å². The van der Waals surface area contributed by atoms with Crippen molar-refractivity contribution in [3.63, 3.8) is 0 Å². The van der Waals surface area contributed by atoms with Crippen LogP contribution in [0, 0.1) is 0 Å². The Morgan fingerprint density at radius 1 is 0.315 bits per heavy atom. The van der Waals surface area contributed by atoms with E-state index in [4.69, 9.17) is 18.8 Å². The first-order chi connectivity index (χ1) is 26.7. The van der Waals surface area contributed by atoms with Crippen LogP contribution in [0.25, 0.3) is 111 Å². The fourth-order valence-corrected chi connectivity index (χ4v) is 7.85. The molecule has 252 valence electrons. The van der Waals surface area contributed by atoms with E-state index < -0.39 is 0 Å². The van der Waals surface area contributed by atoms with Crippen LogP contribution in [0.1, 0.15) is 0 Å². The van der Waals surface area contributed by atoms with Crippen molar-refractivity contribution in [2.24, 2.45) is 0 Å². The van der Waals surface area contributed by atoms with Crippen LogP contribution in [0.5, 0.6) is 0 Å². The predicted molar refractivity (Wildman–Crippen MR) is 221 cm³/mol. The summed E-state index contributed by atoms with van der Waals surface area (Å²) in [7, 11) is 0. The minimum Gasteiger partial charge on any atom is -0.455 e. The van der Waals surface area contributed by atoms with Crippen molar-refractivity contribution in [3.05, 3.63) is 182 Å². The minimum absolute atomic E-state index is 0.635. The summed E-state index contributed by atoms with van der Waals surface area (Å²) in [6.45, 7) is 0. The predicted octanol–water partition coefficient (Wildman–Crippen LogP) is 13.8. The molecule has 4 heteroatoms. The van der Waals surface area contributed by atoms with Gasteiger partial charge in [0, 0.05) is 49.4 Å². The number of hydrogen-bond acceptors (Lipinski definition) is 4. The van der Waals surface area contributed by atoms with Crippen LogP contribution < -0.4 is 0 Å². The van der Waals surface area contributed by atoms with Crippen LogP contribution in [0.3, 0.4) is 0 Å². The van der Waals surface area contributed by atoms with Crippen LogP contribution in [-0.4, -0.2) is 9.97 Å². The highest BCUT2D eigenvalue weighted by Gasteiger charge is 2.19. The highest BCUT2D eigenvalue weighted by molar-refractivity contribution is 6.11. The van der Waals surface area contributed by atoms with Gasteiger partial charge in [-0.15, -0.1) is 0 Å². The molecule has 0 fully saturated rings. The second kappa shape index (κ2) is 12.1. The first-order valence-electron chi connectivity index (χ1n) is 18.1. The summed E-state index contributed by atoms with van der Waals surface area (Å²) < 4.78 is 13.2. The Hall–Kier alpha value is -7.30. The summed E-state index contributed by atoms with van der Waals surface area (Å²) >= 11 is 0. The molecule has 54 heavy (non-hydrogen) atoms. The molecule has 0 atom stereocenters. The van der Waals surface area contributed by atoms with E-state index >= 15 is 0 Å². The molecule has 0 aliphatic heterocycles. The minimum atomic E-state index is 0.635. The molecule has 0 N–H and O–H groups in total. The van der Waals surface area contributed by atoms with Gasteiger partial charge in [-0.05, 0) is 64.4 Å². The van der Waals surface area contributed by atoms with Gasteiger partial charge >= 0.3 is 0 Å². The maximum Gasteiger partial charge on any atom is 0.160 e. The molecule has 0 saturated carbocycles. The van der Waals surface area contributed by atoms with Gasteiger partial charge in [0.2, 0.25) is 0 Å². The van der Waals surface area contributed by atoms with Crippen LogP contribution in [0.2, 0.25) is 0 Å². The summed E-state index contributed by atoms with van der Waals surface area (Å²) in [5.41, 5.74) is 12.1. The van der Waals surface area contributed by atoms with E-state index in [2.05, 4.69) is 140 Å². The molecule has 0 saturated heterocycles. The van der Waals surface area contributed by atoms with Crippen LogP contribution >= 0.6 is 0 Å². The fraction of sp³-hybridized carbons (Fsp3) is 0. The van der Waals surface area contributed by atoms with Crippen molar-refractivity contribution >= 4 is 54.6 Å². The number of hydrogen-bond donors (Lipinski definition) is 0. The molecule has 0 unspecified atom stereocenters. The molecule has 0 spiro atoms. The zero-order valence-electron chi connectivity index (χ0n) is 29.0. The van der Waals surface area contributed by atoms with Gasteiger partial charge in [0.15, 0.2) is 5.82 Å². The fourth-order valence-electron chi connectivity index (χ4n) is 7.85. The Labute approximate surface area is 310 Å². The number of nitrogens with zero attached hydrogens (tertiary/aromatic N) is 2. The lowest BCUT2D eigenvalue weighted by atomic mass is 9.93. The molecule has 8 aromatic carbocycles. The van der Waals surface area contributed by atoms with Gasteiger partial charge in [-0.3, -0.25) is 0 Å². The third kappa shape index (κ3) is 5.00. The molecular weight excluding hydrogens is 661 g/mol. The first-order valence-corrected chi connectivity index (χ1v) is 18.1. The SMILES string of the molecule is c1ccc(-c2cc(-c3ccc4ccccc4c3)nc(-c3cc(-c4cccc5c4oc4ccccc45)cc(-c4cccc5c4oc4ccccc45)c3)n2)cc1. The molecule has 0 aliphatic carbocycles. The van der Waals surface area contributed by atoms with E-state index in [1.807, 2.05) is 42.5 Å². The molecule has 3 heterocycles. The highest BCUT2D eigenvalue weighted by Crippen LogP contribution is 2.42. The zero-order valence-corrected chi connectivity index (χ0v) is 29.0. The number of benzene rings is 8. The monoisotopic (exact) mass is 690 g/mol. The van der Waals surface area contributed by atoms with Gasteiger partial charge in [-0.2, -0.15) is 0 Å². The summed E-state index contributed by atoms with van der Waals surface area (Å²) in [6.07, 6.45) is 0. The molecule has 0 aliphatic rings. The Kier molecular flexibility index (Phi) is 6.82. The van der Waals surface area contributed by atoms with Gasteiger partial charge < -0.3 is 8.83 Å². The van der Waals surface area contributed by atoms with Crippen LogP contribution in [0.15, 0.2) is 191 Å². The van der Waals surface area contributed by atoms with Gasteiger partial charge in [-0.1, -0.05) is 140 Å². The number of furan rings is 2. The Morgan fingerprint density at radius 2 is 0.833 bits per heavy atom. The van der Waals surface area contributed by atoms with Gasteiger partial charge in [-0.25, -0.2) is 9.97 Å².